The number of benzene rings is 1. The molecule has 0 aliphatic rings. The maximum absolute atomic E-state index is 5.67. The Labute approximate surface area is 79.7 Å². The maximum Gasteiger partial charge on any atom is 0.119 e. The van der Waals surface area contributed by atoms with Crippen molar-refractivity contribution in [2.45, 2.75) is 32.4 Å². The van der Waals surface area contributed by atoms with E-state index in [1.807, 2.05) is 44.2 Å². The minimum Gasteiger partial charge on any atom is -0.491 e. The smallest absolute Gasteiger partial charge is 0.119 e. The fourth-order valence-corrected chi connectivity index (χ4v) is 1.30. The van der Waals surface area contributed by atoms with Gasteiger partial charge in [0.15, 0.2) is 0 Å². The van der Waals surface area contributed by atoms with Crippen molar-refractivity contribution in [2.24, 2.45) is 5.73 Å². The first-order valence-electron chi connectivity index (χ1n) is 4.66. The summed E-state index contributed by atoms with van der Waals surface area (Å²) in [5.74, 6) is 0.913. The molecule has 0 radical (unpaired) electrons. The predicted molar refractivity (Wildman–Crippen MR) is 54.8 cm³/mol. The minimum atomic E-state index is 0.183. The number of nitrogens with two attached hydrogens (primary N) is 1. The largest absolute Gasteiger partial charge is 0.491 e. The summed E-state index contributed by atoms with van der Waals surface area (Å²) in [7, 11) is 0. The van der Waals surface area contributed by atoms with Crippen LogP contribution in [0.1, 0.15) is 20.3 Å². The third-order valence-corrected chi connectivity index (χ3v) is 1.78. The number of rotatable bonds is 4. The molecule has 2 atom stereocenters. The third kappa shape index (κ3) is 3.95. The molecule has 0 unspecified atom stereocenters. The average Bonchev–Trinajstić information content (AvgIpc) is 2.04. The Balaban J connectivity index is 2.41. The predicted octanol–water partition coefficient (Wildman–Crippen LogP) is 2.19. The number of hydrogen-bond acceptors (Lipinski definition) is 2. The van der Waals surface area contributed by atoms with Crippen LogP contribution in [0.5, 0.6) is 5.75 Å². The van der Waals surface area contributed by atoms with Crippen LogP contribution in [0.3, 0.4) is 0 Å². The highest BCUT2D eigenvalue weighted by Gasteiger charge is 2.05. The molecule has 0 aromatic heterocycles. The van der Waals surface area contributed by atoms with Crippen LogP contribution in [0.25, 0.3) is 0 Å². The molecule has 0 amide bonds. The lowest BCUT2D eigenvalue weighted by Crippen LogP contribution is -2.24. The zero-order chi connectivity index (χ0) is 9.68. The van der Waals surface area contributed by atoms with Crippen LogP contribution in [-0.4, -0.2) is 12.1 Å². The summed E-state index contributed by atoms with van der Waals surface area (Å²) in [6.45, 7) is 4.03. The Morgan fingerprint density at radius 2 is 1.85 bits per heavy atom. The van der Waals surface area contributed by atoms with Crippen LogP contribution in [0.2, 0.25) is 0 Å². The summed E-state index contributed by atoms with van der Waals surface area (Å²) >= 11 is 0. The molecule has 0 aliphatic carbocycles. The summed E-state index contributed by atoms with van der Waals surface area (Å²) < 4.78 is 5.65. The van der Waals surface area contributed by atoms with Gasteiger partial charge in [0.05, 0.1) is 6.10 Å². The molecule has 1 rings (SSSR count). The van der Waals surface area contributed by atoms with Gasteiger partial charge in [-0.05, 0) is 32.4 Å². The first-order chi connectivity index (χ1) is 6.18. The second-order valence-electron chi connectivity index (χ2n) is 3.45. The first kappa shape index (κ1) is 10.1. The molecule has 2 heteroatoms. The van der Waals surface area contributed by atoms with Crippen LogP contribution in [0.15, 0.2) is 30.3 Å². The lowest BCUT2D eigenvalue weighted by Gasteiger charge is -2.16. The van der Waals surface area contributed by atoms with Gasteiger partial charge in [-0.2, -0.15) is 0 Å². The quantitative estimate of drug-likeness (QED) is 0.769. The van der Waals surface area contributed by atoms with Crippen LogP contribution >= 0.6 is 0 Å². The lowest BCUT2D eigenvalue weighted by molar-refractivity contribution is 0.203. The van der Waals surface area contributed by atoms with Crippen molar-refractivity contribution in [1.82, 2.24) is 0 Å². The van der Waals surface area contributed by atoms with E-state index in [1.54, 1.807) is 0 Å². The zero-order valence-corrected chi connectivity index (χ0v) is 8.23. The van der Waals surface area contributed by atoms with E-state index < -0.39 is 0 Å². The molecule has 2 N–H and O–H groups in total. The molecule has 0 heterocycles. The molecule has 13 heavy (non-hydrogen) atoms. The van der Waals surface area contributed by atoms with Crippen LogP contribution in [0.4, 0.5) is 0 Å². The minimum absolute atomic E-state index is 0.183. The second-order valence-corrected chi connectivity index (χ2v) is 3.45. The van der Waals surface area contributed by atoms with Gasteiger partial charge in [0.1, 0.15) is 5.75 Å². The van der Waals surface area contributed by atoms with E-state index in [9.17, 15) is 0 Å². The highest BCUT2D eigenvalue weighted by atomic mass is 16.5. The summed E-state index contributed by atoms with van der Waals surface area (Å²) in [4.78, 5) is 0. The number of para-hydroxylation sites is 1. The van der Waals surface area contributed by atoms with E-state index in [0.717, 1.165) is 12.2 Å². The summed E-state index contributed by atoms with van der Waals surface area (Å²) in [5, 5.41) is 0. The third-order valence-electron chi connectivity index (χ3n) is 1.78. The van der Waals surface area contributed by atoms with Gasteiger partial charge in [-0.1, -0.05) is 18.2 Å². The van der Waals surface area contributed by atoms with Gasteiger partial charge in [0.2, 0.25) is 0 Å². The topological polar surface area (TPSA) is 35.2 Å². The fourth-order valence-electron chi connectivity index (χ4n) is 1.30. The average molecular weight is 179 g/mol. The Kier molecular flexibility index (Phi) is 3.77. The van der Waals surface area contributed by atoms with Gasteiger partial charge in [0, 0.05) is 6.04 Å². The van der Waals surface area contributed by atoms with Gasteiger partial charge in [-0.15, -0.1) is 0 Å². The molecule has 1 aromatic rings. The molecule has 0 fully saturated rings. The monoisotopic (exact) mass is 179 g/mol. The molecule has 0 bridgehead atoms. The molecule has 1 aromatic carbocycles. The van der Waals surface area contributed by atoms with E-state index in [4.69, 9.17) is 10.5 Å². The van der Waals surface area contributed by atoms with Gasteiger partial charge in [-0.25, -0.2) is 0 Å². The summed E-state index contributed by atoms with van der Waals surface area (Å²) in [5.41, 5.74) is 5.67. The Hall–Kier alpha value is -1.02. The van der Waals surface area contributed by atoms with Crippen molar-refractivity contribution >= 4 is 0 Å². The Morgan fingerprint density at radius 1 is 1.23 bits per heavy atom. The standard InChI is InChI=1S/C11H17NO/c1-9(12)8-10(2)13-11-6-4-3-5-7-11/h3-7,9-10H,8,12H2,1-2H3/t9-,10+/m0/s1. The molecular formula is C11H17NO. The summed E-state index contributed by atoms with van der Waals surface area (Å²) in [6.07, 6.45) is 1.07. The normalized spacial score (nSPS) is 15.0. The van der Waals surface area contributed by atoms with Crippen molar-refractivity contribution < 1.29 is 4.74 Å². The van der Waals surface area contributed by atoms with Crippen LogP contribution in [-0.2, 0) is 0 Å². The molecule has 0 aliphatic heterocycles. The Bertz CT molecular complexity index is 233. The number of hydrogen-bond donors (Lipinski definition) is 1. The highest BCUT2D eigenvalue weighted by molar-refractivity contribution is 5.21. The SMILES string of the molecule is C[C@H](N)C[C@@H](C)Oc1ccccc1. The molecule has 0 saturated heterocycles. The van der Waals surface area contributed by atoms with Gasteiger partial charge >= 0.3 is 0 Å². The molecule has 0 spiro atoms. The molecule has 72 valence electrons. The zero-order valence-electron chi connectivity index (χ0n) is 8.23. The van der Waals surface area contributed by atoms with E-state index in [2.05, 4.69) is 0 Å². The van der Waals surface area contributed by atoms with Crippen molar-refractivity contribution in [3.63, 3.8) is 0 Å². The van der Waals surface area contributed by atoms with Crippen LogP contribution < -0.4 is 10.5 Å². The molecular weight excluding hydrogens is 162 g/mol. The Morgan fingerprint density at radius 3 is 2.38 bits per heavy atom. The maximum atomic E-state index is 5.67. The van der Waals surface area contributed by atoms with Crippen molar-refractivity contribution in [3.8, 4) is 5.75 Å². The van der Waals surface area contributed by atoms with Crippen LogP contribution in [0, 0.1) is 0 Å². The fraction of sp³-hybridized carbons (Fsp3) is 0.455. The van der Waals surface area contributed by atoms with Crippen molar-refractivity contribution in [2.75, 3.05) is 0 Å². The van der Waals surface area contributed by atoms with E-state index in [0.29, 0.717) is 0 Å². The van der Waals surface area contributed by atoms with E-state index in [-0.39, 0.29) is 12.1 Å². The summed E-state index contributed by atoms with van der Waals surface area (Å²) in [6, 6.07) is 10.0. The second kappa shape index (κ2) is 4.87. The van der Waals surface area contributed by atoms with Crippen molar-refractivity contribution in [3.05, 3.63) is 30.3 Å². The van der Waals surface area contributed by atoms with Gasteiger partial charge in [0.25, 0.3) is 0 Å². The van der Waals surface area contributed by atoms with Gasteiger partial charge < -0.3 is 10.5 Å². The van der Waals surface area contributed by atoms with Crippen molar-refractivity contribution in [1.29, 1.82) is 0 Å². The highest BCUT2D eigenvalue weighted by Crippen LogP contribution is 2.12. The number of ether oxygens (including phenoxy) is 1. The van der Waals surface area contributed by atoms with Gasteiger partial charge in [-0.3, -0.25) is 0 Å². The van der Waals surface area contributed by atoms with E-state index >= 15 is 0 Å². The lowest BCUT2D eigenvalue weighted by atomic mass is 10.2. The first-order valence-corrected chi connectivity index (χ1v) is 4.66. The molecule has 2 nitrogen and oxygen atoms in total. The van der Waals surface area contributed by atoms with E-state index in [1.165, 1.54) is 0 Å². The molecule has 0 saturated carbocycles.